The van der Waals surface area contributed by atoms with E-state index in [9.17, 15) is 4.79 Å². The number of hydrogen-bond donors (Lipinski definition) is 0. The van der Waals surface area contributed by atoms with Gasteiger partial charge in [0.05, 0.1) is 0 Å². The predicted molar refractivity (Wildman–Crippen MR) is 34.1 cm³/mol. The van der Waals surface area contributed by atoms with Crippen LogP contribution in [-0.2, 0) is 25.9 Å². The number of rotatable bonds is 1. The van der Waals surface area contributed by atoms with Crippen LogP contribution in [0.2, 0.25) is 0 Å². The topological polar surface area (TPSA) is 17.1 Å². The van der Waals surface area contributed by atoms with E-state index in [0.29, 0.717) is 5.92 Å². The van der Waals surface area contributed by atoms with E-state index in [2.05, 4.69) is 0 Å². The largest absolute Gasteiger partial charge is 2.00 e. The van der Waals surface area contributed by atoms with Gasteiger partial charge in [-0.2, -0.15) is 0 Å². The van der Waals surface area contributed by atoms with E-state index in [0.717, 1.165) is 12.8 Å². The average molecular weight is 296 g/mol. The third-order valence-corrected chi connectivity index (χ3v) is 1.52. The molecule has 0 bridgehead atoms. The van der Waals surface area contributed by atoms with Gasteiger partial charge in [0.25, 0.3) is 0 Å². The summed E-state index contributed by atoms with van der Waals surface area (Å²) < 4.78 is 0. The van der Waals surface area contributed by atoms with Crippen molar-refractivity contribution < 1.29 is 25.9 Å². The number of hydrogen-bond acceptors (Lipinski definition) is 1. The van der Waals surface area contributed by atoms with Crippen molar-refractivity contribution in [2.75, 3.05) is 0 Å². The second-order valence-electron chi connectivity index (χ2n) is 2.10. The smallest absolute Gasteiger partial charge is 0.542 e. The van der Waals surface area contributed by atoms with Crippen molar-refractivity contribution in [1.29, 1.82) is 0 Å². The van der Waals surface area contributed by atoms with Gasteiger partial charge >= 0.3 is 21.1 Å². The maximum Gasteiger partial charge on any atom is 2.00 e. The molecule has 0 amide bonds. The van der Waals surface area contributed by atoms with E-state index in [1.807, 2.05) is 6.29 Å². The Kier molecular flexibility index (Phi) is 8.69. The normalized spacial score (nSPS) is 17.8. The standard InChI is InChI=1S/C6H9O.CH3.W/c7-5-6-3-1-2-4-6;;/h6H,1-4H2;1H3;/q2*-1;+2. The molecule has 1 aliphatic rings. The molecular formula is C7H12OW. The minimum atomic E-state index is 0. The summed E-state index contributed by atoms with van der Waals surface area (Å²) in [5.74, 6) is 0.292. The van der Waals surface area contributed by atoms with Gasteiger partial charge in [-0.1, -0.05) is 25.7 Å². The number of carbonyl (C=O) groups excluding carboxylic acids is 1. The summed E-state index contributed by atoms with van der Waals surface area (Å²) in [6.45, 7) is 0. The molecule has 1 fully saturated rings. The molecule has 0 saturated heterocycles. The average Bonchev–Trinajstić information content (AvgIpc) is 2.14. The molecule has 0 unspecified atom stereocenters. The maximum atomic E-state index is 9.88. The SMILES string of the molecule is O=[C-]C1CCCC1.[CH3-].[W+2]. The van der Waals surface area contributed by atoms with Gasteiger partial charge in [-0.15, -0.1) is 5.92 Å². The molecule has 0 aromatic rings. The van der Waals surface area contributed by atoms with Crippen LogP contribution in [0.1, 0.15) is 25.7 Å². The van der Waals surface area contributed by atoms with Crippen LogP contribution in [0.3, 0.4) is 0 Å². The predicted octanol–water partition coefficient (Wildman–Crippen LogP) is 1.73. The van der Waals surface area contributed by atoms with Crippen LogP contribution in [0.25, 0.3) is 0 Å². The van der Waals surface area contributed by atoms with Crippen LogP contribution in [0.4, 0.5) is 0 Å². The molecular weight excluding hydrogens is 284 g/mol. The van der Waals surface area contributed by atoms with E-state index >= 15 is 0 Å². The fourth-order valence-corrected chi connectivity index (χ4v) is 1.04. The quantitative estimate of drug-likeness (QED) is 0.674. The Morgan fingerprint density at radius 2 is 1.67 bits per heavy atom. The van der Waals surface area contributed by atoms with Crippen molar-refractivity contribution in [2.24, 2.45) is 5.92 Å². The second-order valence-corrected chi connectivity index (χ2v) is 2.10. The van der Waals surface area contributed by atoms with Crippen molar-refractivity contribution in [1.82, 2.24) is 0 Å². The van der Waals surface area contributed by atoms with E-state index in [-0.39, 0.29) is 28.5 Å². The van der Waals surface area contributed by atoms with Crippen LogP contribution in [0.15, 0.2) is 0 Å². The summed E-state index contributed by atoms with van der Waals surface area (Å²) in [5, 5.41) is 0. The fraction of sp³-hybridized carbons (Fsp3) is 0.714. The minimum Gasteiger partial charge on any atom is -0.542 e. The fourth-order valence-electron chi connectivity index (χ4n) is 1.04. The van der Waals surface area contributed by atoms with Gasteiger partial charge in [-0.05, 0) is 0 Å². The molecule has 1 nitrogen and oxygen atoms in total. The molecule has 1 aliphatic carbocycles. The van der Waals surface area contributed by atoms with Gasteiger partial charge in [-0.3, -0.25) is 6.29 Å². The van der Waals surface area contributed by atoms with Crippen molar-refractivity contribution in [3.8, 4) is 0 Å². The summed E-state index contributed by atoms with van der Waals surface area (Å²) in [4.78, 5) is 9.88. The molecule has 9 heavy (non-hydrogen) atoms. The third kappa shape index (κ3) is 3.86. The monoisotopic (exact) mass is 296 g/mol. The first-order valence-corrected chi connectivity index (χ1v) is 2.81. The summed E-state index contributed by atoms with van der Waals surface area (Å²) in [6, 6.07) is 0. The molecule has 0 spiro atoms. The summed E-state index contributed by atoms with van der Waals surface area (Å²) >= 11 is 0. The molecule has 0 aliphatic heterocycles. The van der Waals surface area contributed by atoms with Crippen molar-refractivity contribution >= 4 is 6.29 Å². The van der Waals surface area contributed by atoms with Crippen LogP contribution in [0.5, 0.6) is 0 Å². The van der Waals surface area contributed by atoms with Crippen molar-refractivity contribution in [2.45, 2.75) is 25.7 Å². The summed E-state index contributed by atoms with van der Waals surface area (Å²) in [7, 11) is 0. The summed E-state index contributed by atoms with van der Waals surface area (Å²) in [6.07, 6.45) is 6.66. The Morgan fingerprint density at radius 3 is 1.89 bits per heavy atom. The molecule has 0 aromatic heterocycles. The van der Waals surface area contributed by atoms with E-state index < -0.39 is 0 Å². The van der Waals surface area contributed by atoms with Gasteiger partial charge in [-0.25, -0.2) is 0 Å². The molecule has 0 aromatic carbocycles. The first-order valence-electron chi connectivity index (χ1n) is 2.81. The Bertz CT molecular complexity index is 67.3. The second kappa shape index (κ2) is 6.48. The Hall–Kier alpha value is 0.358. The molecule has 0 N–H and O–H groups in total. The van der Waals surface area contributed by atoms with Crippen LogP contribution >= 0.6 is 0 Å². The molecule has 0 radical (unpaired) electrons. The Labute approximate surface area is 71.5 Å². The van der Waals surface area contributed by atoms with Crippen LogP contribution < -0.4 is 0 Å². The minimum absolute atomic E-state index is 0. The zero-order chi connectivity index (χ0) is 5.11. The molecule has 1 rings (SSSR count). The van der Waals surface area contributed by atoms with E-state index in [1.54, 1.807) is 0 Å². The maximum absolute atomic E-state index is 9.88. The third-order valence-electron chi connectivity index (χ3n) is 1.52. The Balaban J connectivity index is 0. The van der Waals surface area contributed by atoms with Gasteiger partial charge in [0.15, 0.2) is 0 Å². The zero-order valence-electron chi connectivity index (χ0n) is 5.72. The summed E-state index contributed by atoms with van der Waals surface area (Å²) in [5.41, 5.74) is 0. The molecule has 52 valence electrons. The first kappa shape index (κ1) is 12.1. The molecule has 1 saturated carbocycles. The van der Waals surface area contributed by atoms with E-state index in [4.69, 9.17) is 0 Å². The van der Waals surface area contributed by atoms with Crippen molar-refractivity contribution in [3.05, 3.63) is 7.43 Å². The zero-order valence-corrected chi connectivity index (χ0v) is 8.66. The molecule has 0 heterocycles. The van der Waals surface area contributed by atoms with Crippen molar-refractivity contribution in [3.63, 3.8) is 0 Å². The molecule has 2 heteroatoms. The van der Waals surface area contributed by atoms with E-state index in [1.165, 1.54) is 12.8 Å². The van der Waals surface area contributed by atoms with Gasteiger partial charge in [0, 0.05) is 0 Å². The van der Waals surface area contributed by atoms with Gasteiger partial charge < -0.3 is 12.2 Å². The first-order chi connectivity index (χ1) is 3.43. The van der Waals surface area contributed by atoms with Gasteiger partial charge in [0.2, 0.25) is 0 Å². The van der Waals surface area contributed by atoms with Crippen LogP contribution in [-0.4, -0.2) is 6.29 Å². The molecule has 0 atom stereocenters. The Morgan fingerprint density at radius 1 is 1.22 bits per heavy atom. The van der Waals surface area contributed by atoms with Gasteiger partial charge in [0.1, 0.15) is 0 Å². The van der Waals surface area contributed by atoms with Crippen LogP contribution in [0, 0.1) is 13.3 Å².